The van der Waals surface area contributed by atoms with Crippen LogP contribution in [0.1, 0.15) is 24.8 Å². The quantitative estimate of drug-likeness (QED) is 0.447. The van der Waals surface area contributed by atoms with Crippen molar-refractivity contribution >= 4 is 5.90 Å². The summed E-state index contributed by atoms with van der Waals surface area (Å²) in [7, 11) is 1.93. The minimum Gasteiger partial charge on any atom is -0.511 e. The molecule has 0 aliphatic heterocycles. The summed E-state index contributed by atoms with van der Waals surface area (Å²) in [5, 5.41) is 22.2. The molecule has 3 rings (SSSR count). The zero-order valence-electron chi connectivity index (χ0n) is 14.0. The summed E-state index contributed by atoms with van der Waals surface area (Å²) in [6, 6.07) is 9.73. The van der Waals surface area contributed by atoms with Gasteiger partial charge in [0.2, 0.25) is 5.90 Å². The van der Waals surface area contributed by atoms with Gasteiger partial charge in [0.1, 0.15) is 12.4 Å². The Kier molecular flexibility index (Phi) is 4.58. The second kappa shape index (κ2) is 6.65. The van der Waals surface area contributed by atoms with Crippen LogP contribution in [0.4, 0.5) is 0 Å². The number of aliphatic hydroxyl groups is 1. The lowest BCUT2D eigenvalue weighted by atomic mass is 9.65. The van der Waals surface area contributed by atoms with E-state index in [2.05, 4.69) is 24.0 Å². The maximum Gasteiger partial charge on any atom is 0.217 e. The third-order valence-electron chi connectivity index (χ3n) is 5.15. The lowest BCUT2D eigenvalue weighted by Gasteiger charge is -2.46. The molecule has 0 spiro atoms. The van der Waals surface area contributed by atoms with Gasteiger partial charge in [-0.3, -0.25) is 5.41 Å². The molecule has 2 atom stereocenters. The van der Waals surface area contributed by atoms with Crippen molar-refractivity contribution in [1.29, 1.82) is 5.41 Å². The van der Waals surface area contributed by atoms with Gasteiger partial charge in [-0.2, -0.15) is 0 Å². The first kappa shape index (κ1) is 16.5. The van der Waals surface area contributed by atoms with E-state index in [0.29, 0.717) is 18.6 Å². The predicted octanol–water partition coefficient (Wildman–Crippen LogP) is 3.88. The van der Waals surface area contributed by atoms with Crippen LogP contribution in [0, 0.1) is 11.3 Å². The van der Waals surface area contributed by atoms with Gasteiger partial charge in [-0.05, 0) is 31.0 Å². The minimum atomic E-state index is -0.209. The molecule has 4 heteroatoms. The summed E-state index contributed by atoms with van der Waals surface area (Å²) in [6.07, 6.45) is 6.50. The molecule has 0 bridgehead atoms. The van der Waals surface area contributed by atoms with Gasteiger partial charge in [0, 0.05) is 17.9 Å². The monoisotopic (exact) mass is 324 g/mol. The smallest absolute Gasteiger partial charge is 0.217 e. The highest BCUT2D eigenvalue weighted by atomic mass is 16.5. The van der Waals surface area contributed by atoms with E-state index in [1.807, 2.05) is 37.4 Å². The molecule has 0 saturated carbocycles. The van der Waals surface area contributed by atoms with Gasteiger partial charge in [-0.15, -0.1) is 0 Å². The molecule has 2 aliphatic carbocycles. The van der Waals surface area contributed by atoms with Crippen molar-refractivity contribution in [3.63, 3.8) is 0 Å². The molecule has 0 fully saturated rings. The molecular weight excluding hydrogens is 300 g/mol. The minimum absolute atomic E-state index is 0.000564. The Bertz CT molecular complexity index is 706. The van der Waals surface area contributed by atoms with Crippen molar-refractivity contribution in [3.05, 3.63) is 71.5 Å². The topological polar surface area (TPSA) is 65.3 Å². The predicted molar refractivity (Wildman–Crippen MR) is 96.0 cm³/mol. The van der Waals surface area contributed by atoms with Crippen molar-refractivity contribution in [3.8, 4) is 0 Å². The second-order valence-corrected chi connectivity index (χ2v) is 6.50. The third-order valence-corrected chi connectivity index (χ3v) is 5.15. The van der Waals surface area contributed by atoms with Crippen molar-refractivity contribution in [2.45, 2.75) is 31.4 Å². The van der Waals surface area contributed by atoms with Crippen LogP contribution in [0.5, 0.6) is 0 Å². The van der Waals surface area contributed by atoms with Crippen LogP contribution in [0.25, 0.3) is 0 Å². The first-order valence-electron chi connectivity index (χ1n) is 8.28. The average Bonchev–Trinajstić information content (AvgIpc) is 2.60. The summed E-state index contributed by atoms with van der Waals surface area (Å²) in [5.41, 5.74) is 2.04. The number of allylic oxidation sites excluding steroid dienone is 1. The maximum atomic E-state index is 10.6. The molecule has 2 aliphatic rings. The van der Waals surface area contributed by atoms with Crippen molar-refractivity contribution in [2.24, 2.45) is 5.92 Å². The average molecular weight is 324 g/mol. The van der Waals surface area contributed by atoms with E-state index < -0.39 is 0 Å². The van der Waals surface area contributed by atoms with Crippen molar-refractivity contribution in [2.75, 3.05) is 7.05 Å². The van der Waals surface area contributed by atoms with Crippen molar-refractivity contribution in [1.82, 2.24) is 5.32 Å². The van der Waals surface area contributed by atoms with Crippen LogP contribution < -0.4 is 5.32 Å². The van der Waals surface area contributed by atoms with Crippen LogP contribution in [-0.4, -0.2) is 23.6 Å². The van der Waals surface area contributed by atoms with E-state index in [-0.39, 0.29) is 23.1 Å². The summed E-state index contributed by atoms with van der Waals surface area (Å²) in [5.74, 6) is 0.360. The number of hydrogen-bond donors (Lipinski definition) is 3. The molecule has 0 radical (unpaired) electrons. The molecule has 126 valence electrons. The lowest BCUT2D eigenvalue weighted by molar-refractivity contribution is 0.194. The van der Waals surface area contributed by atoms with Gasteiger partial charge in [0.05, 0.1) is 5.57 Å². The molecular formula is C20H24N2O2. The fourth-order valence-electron chi connectivity index (χ4n) is 3.76. The van der Waals surface area contributed by atoms with Crippen LogP contribution in [-0.2, 0) is 11.3 Å². The largest absolute Gasteiger partial charge is 0.511 e. The molecule has 24 heavy (non-hydrogen) atoms. The summed E-state index contributed by atoms with van der Waals surface area (Å²) < 4.78 is 5.62. The Balaban J connectivity index is 1.79. The van der Waals surface area contributed by atoms with E-state index in [0.717, 1.165) is 24.0 Å². The molecule has 1 unspecified atom stereocenters. The summed E-state index contributed by atoms with van der Waals surface area (Å²) in [6.45, 7) is 4.50. The fraction of sp³-hybridized carbons (Fsp3) is 0.350. The first-order chi connectivity index (χ1) is 11.6. The number of aliphatic hydroxyl groups excluding tert-OH is 1. The number of nitrogens with one attached hydrogen (secondary N) is 2. The van der Waals surface area contributed by atoms with Gasteiger partial charge in [-0.1, -0.05) is 49.1 Å². The number of rotatable bonds is 4. The van der Waals surface area contributed by atoms with Crippen LogP contribution in [0.3, 0.4) is 0 Å². The molecule has 0 saturated heterocycles. The molecule has 3 N–H and O–H groups in total. The molecule has 4 nitrogen and oxygen atoms in total. The SMILES string of the molecule is C=C1C(C(=N)OCc2ccccc2)=C(O)C[C@]2(NC)CC=CCC12. The molecule has 0 aromatic heterocycles. The number of benzene rings is 1. The Labute approximate surface area is 143 Å². The number of hydrogen-bond acceptors (Lipinski definition) is 4. The zero-order chi connectivity index (χ0) is 17.2. The normalized spacial score (nSPS) is 26.2. The molecule has 1 aromatic carbocycles. The van der Waals surface area contributed by atoms with Gasteiger partial charge >= 0.3 is 0 Å². The highest BCUT2D eigenvalue weighted by molar-refractivity contribution is 5.96. The van der Waals surface area contributed by atoms with E-state index in [9.17, 15) is 5.11 Å². The second-order valence-electron chi connectivity index (χ2n) is 6.50. The maximum absolute atomic E-state index is 10.6. The summed E-state index contributed by atoms with van der Waals surface area (Å²) >= 11 is 0. The Morgan fingerprint density at radius 1 is 1.38 bits per heavy atom. The molecule has 1 aromatic rings. The fourth-order valence-corrected chi connectivity index (χ4v) is 3.76. The van der Waals surface area contributed by atoms with Gasteiger partial charge in [0.15, 0.2) is 0 Å². The molecule has 0 amide bonds. The van der Waals surface area contributed by atoms with Gasteiger partial charge in [-0.25, -0.2) is 0 Å². The zero-order valence-corrected chi connectivity index (χ0v) is 14.0. The Morgan fingerprint density at radius 3 is 2.83 bits per heavy atom. The number of fused-ring (bicyclic) bond motifs is 1. The first-order valence-corrected chi connectivity index (χ1v) is 8.28. The Hall–Kier alpha value is -2.33. The summed E-state index contributed by atoms with van der Waals surface area (Å²) in [4.78, 5) is 0. The standard InChI is InChI=1S/C20H24N2O2/c1-14-16-10-6-7-11-20(16,22-2)12-17(23)18(14)19(21)24-13-15-8-4-3-5-9-15/h3-9,16,21-23H,1,10-13H2,2H3/t16?,20-/m1/s1. The Morgan fingerprint density at radius 2 is 2.12 bits per heavy atom. The third kappa shape index (κ3) is 2.89. The van der Waals surface area contributed by atoms with E-state index in [4.69, 9.17) is 10.1 Å². The van der Waals surface area contributed by atoms with Crippen molar-refractivity contribution < 1.29 is 9.84 Å². The van der Waals surface area contributed by atoms with Crippen LogP contribution in [0.15, 0.2) is 66.0 Å². The van der Waals surface area contributed by atoms with E-state index in [1.54, 1.807) is 0 Å². The van der Waals surface area contributed by atoms with Gasteiger partial charge in [0.25, 0.3) is 0 Å². The highest BCUT2D eigenvalue weighted by Gasteiger charge is 2.45. The van der Waals surface area contributed by atoms with E-state index in [1.165, 1.54) is 0 Å². The van der Waals surface area contributed by atoms with E-state index >= 15 is 0 Å². The lowest BCUT2D eigenvalue weighted by Crippen LogP contribution is -2.53. The molecule has 0 heterocycles. The van der Waals surface area contributed by atoms with Gasteiger partial charge < -0.3 is 15.2 Å². The highest BCUT2D eigenvalue weighted by Crippen LogP contribution is 2.45. The van der Waals surface area contributed by atoms with Crippen LogP contribution >= 0.6 is 0 Å². The number of ether oxygens (including phenoxy) is 1. The van der Waals surface area contributed by atoms with Crippen LogP contribution in [0.2, 0.25) is 0 Å².